The first-order chi connectivity index (χ1) is 11.2. The van der Waals surface area contributed by atoms with Crippen LogP contribution in [-0.4, -0.2) is 88.4 Å². The van der Waals surface area contributed by atoms with Gasteiger partial charge in [-0.15, -0.1) is 5.10 Å². The van der Waals surface area contributed by atoms with Gasteiger partial charge in [0.05, 0.1) is 19.4 Å². The molecule has 1 aromatic rings. The zero-order valence-corrected chi connectivity index (χ0v) is 13.4. The maximum absolute atomic E-state index is 12.5. The minimum absolute atomic E-state index is 0.0422. The van der Waals surface area contributed by atoms with Crippen LogP contribution in [0.25, 0.3) is 0 Å². The third kappa shape index (κ3) is 4.49. The molecule has 2 aliphatic rings. The molecule has 0 spiro atoms. The van der Waals surface area contributed by atoms with Crippen molar-refractivity contribution >= 4 is 5.91 Å². The molecule has 0 radical (unpaired) electrons. The van der Waals surface area contributed by atoms with Crippen molar-refractivity contribution in [1.29, 1.82) is 0 Å². The zero-order valence-electron chi connectivity index (χ0n) is 13.4. The van der Waals surface area contributed by atoms with Gasteiger partial charge in [-0.2, -0.15) is 0 Å². The smallest absolute Gasteiger partial charge is 0.244 e. The molecule has 2 fully saturated rings. The van der Waals surface area contributed by atoms with Crippen molar-refractivity contribution in [3.8, 4) is 0 Å². The topological polar surface area (TPSA) is 83.7 Å². The van der Waals surface area contributed by atoms with Gasteiger partial charge >= 0.3 is 0 Å². The van der Waals surface area contributed by atoms with E-state index in [9.17, 15) is 9.90 Å². The summed E-state index contributed by atoms with van der Waals surface area (Å²) >= 11 is 0. The summed E-state index contributed by atoms with van der Waals surface area (Å²) in [5.41, 5.74) is 0. The van der Waals surface area contributed by atoms with Gasteiger partial charge in [-0.05, 0) is 18.3 Å². The Morgan fingerprint density at radius 3 is 2.74 bits per heavy atom. The molecular formula is C15H25N5O3. The molecule has 3 rings (SSSR count). The van der Waals surface area contributed by atoms with E-state index < -0.39 is 0 Å². The van der Waals surface area contributed by atoms with Gasteiger partial charge in [0.15, 0.2) is 0 Å². The van der Waals surface area contributed by atoms with Gasteiger partial charge in [-0.1, -0.05) is 5.21 Å². The standard InChI is InChI=1S/C15H25N5O3/c21-12-14-7-13(8-18-3-5-23-6-4-18)9-19(10-14)15(22)11-20-2-1-16-17-20/h1-2,13-14,21H,3-12H2/t13-,14+/m1/s1. The van der Waals surface area contributed by atoms with E-state index in [1.165, 1.54) is 0 Å². The fourth-order valence-electron chi connectivity index (χ4n) is 3.49. The van der Waals surface area contributed by atoms with Crippen LogP contribution in [0.2, 0.25) is 0 Å². The van der Waals surface area contributed by atoms with Crippen molar-refractivity contribution in [1.82, 2.24) is 24.8 Å². The van der Waals surface area contributed by atoms with E-state index in [2.05, 4.69) is 15.2 Å². The molecule has 8 heteroatoms. The Morgan fingerprint density at radius 1 is 1.26 bits per heavy atom. The summed E-state index contributed by atoms with van der Waals surface area (Å²) in [5, 5.41) is 17.1. The van der Waals surface area contributed by atoms with Gasteiger partial charge in [0.1, 0.15) is 6.54 Å². The molecule has 0 aromatic carbocycles. The minimum Gasteiger partial charge on any atom is -0.396 e. The molecule has 1 N–H and O–H groups in total. The number of aliphatic hydroxyl groups excluding tert-OH is 1. The van der Waals surface area contributed by atoms with E-state index in [1.807, 2.05) is 4.90 Å². The maximum atomic E-state index is 12.5. The molecule has 0 saturated carbocycles. The average molecular weight is 323 g/mol. The van der Waals surface area contributed by atoms with Gasteiger partial charge < -0.3 is 14.7 Å². The lowest BCUT2D eigenvalue weighted by atomic mass is 9.89. The fraction of sp³-hybridized carbons (Fsp3) is 0.800. The van der Waals surface area contributed by atoms with Crippen LogP contribution in [-0.2, 0) is 16.1 Å². The predicted octanol–water partition coefficient (Wildman–Crippen LogP) is -0.933. The maximum Gasteiger partial charge on any atom is 0.244 e. The van der Waals surface area contributed by atoms with Crippen LogP contribution in [0, 0.1) is 11.8 Å². The summed E-state index contributed by atoms with van der Waals surface area (Å²) in [5.74, 6) is 0.605. The van der Waals surface area contributed by atoms with Crippen LogP contribution < -0.4 is 0 Å². The number of piperidine rings is 1. The Morgan fingerprint density at radius 2 is 2.04 bits per heavy atom. The van der Waals surface area contributed by atoms with E-state index in [0.717, 1.165) is 45.8 Å². The molecule has 0 aliphatic carbocycles. The van der Waals surface area contributed by atoms with Crippen LogP contribution in [0.4, 0.5) is 0 Å². The molecule has 8 nitrogen and oxygen atoms in total. The second kappa shape index (κ2) is 7.85. The lowest BCUT2D eigenvalue weighted by Gasteiger charge is -2.40. The number of amides is 1. The Kier molecular flexibility index (Phi) is 5.58. The van der Waals surface area contributed by atoms with Gasteiger partial charge in [0, 0.05) is 45.5 Å². The SMILES string of the molecule is O=C(Cn1ccnn1)N1C[C@@H](CN2CCOCC2)C[C@H](CO)C1. The third-order valence-electron chi connectivity index (χ3n) is 4.62. The highest BCUT2D eigenvalue weighted by Crippen LogP contribution is 2.23. The highest BCUT2D eigenvalue weighted by Gasteiger charge is 2.31. The predicted molar refractivity (Wildman–Crippen MR) is 82.5 cm³/mol. The van der Waals surface area contributed by atoms with Crippen molar-refractivity contribution < 1.29 is 14.6 Å². The van der Waals surface area contributed by atoms with Gasteiger partial charge in [-0.3, -0.25) is 9.69 Å². The summed E-state index contributed by atoms with van der Waals surface area (Å²) in [7, 11) is 0. The summed E-state index contributed by atoms with van der Waals surface area (Å²) in [6.45, 7) is 6.16. The Balaban J connectivity index is 1.57. The number of aliphatic hydroxyl groups is 1. The van der Waals surface area contributed by atoms with Crippen molar-refractivity contribution in [3.63, 3.8) is 0 Å². The van der Waals surface area contributed by atoms with E-state index in [4.69, 9.17) is 4.74 Å². The lowest BCUT2D eigenvalue weighted by molar-refractivity contribution is -0.135. The van der Waals surface area contributed by atoms with Crippen molar-refractivity contribution in [2.75, 3.05) is 52.5 Å². The monoisotopic (exact) mass is 323 g/mol. The number of aromatic nitrogens is 3. The normalized spacial score (nSPS) is 26.4. The first kappa shape index (κ1) is 16.4. The first-order valence-electron chi connectivity index (χ1n) is 8.27. The number of likely N-dealkylation sites (tertiary alicyclic amines) is 1. The summed E-state index contributed by atoms with van der Waals surface area (Å²) in [6.07, 6.45) is 4.23. The van der Waals surface area contributed by atoms with E-state index in [-0.39, 0.29) is 25.0 Å². The van der Waals surface area contributed by atoms with Gasteiger partial charge in [0.2, 0.25) is 5.91 Å². The number of nitrogens with zero attached hydrogens (tertiary/aromatic N) is 5. The van der Waals surface area contributed by atoms with Crippen LogP contribution >= 0.6 is 0 Å². The molecule has 2 aliphatic heterocycles. The van der Waals surface area contributed by atoms with Crippen molar-refractivity contribution in [2.24, 2.45) is 11.8 Å². The molecule has 1 amide bonds. The van der Waals surface area contributed by atoms with Crippen LogP contribution in [0.15, 0.2) is 12.4 Å². The number of ether oxygens (including phenoxy) is 1. The number of carbonyl (C=O) groups is 1. The second-order valence-electron chi connectivity index (χ2n) is 6.46. The molecule has 2 saturated heterocycles. The Bertz CT molecular complexity index is 489. The van der Waals surface area contributed by atoms with E-state index in [1.54, 1.807) is 17.1 Å². The highest BCUT2D eigenvalue weighted by molar-refractivity contribution is 5.76. The molecule has 2 atom stereocenters. The quantitative estimate of drug-likeness (QED) is 0.753. The highest BCUT2D eigenvalue weighted by atomic mass is 16.5. The number of hydrogen-bond donors (Lipinski definition) is 1. The molecule has 23 heavy (non-hydrogen) atoms. The Labute approximate surface area is 136 Å². The van der Waals surface area contributed by atoms with E-state index >= 15 is 0 Å². The van der Waals surface area contributed by atoms with Crippen molar-refractivity contribution in [3.05, 3.63) is 12.4 Å². The third-order valence-corrected chi connectivity index (χ3v) is 4.62. The Hall–Kier alpha value is -1.51. The minimum atomic E-state index is 0.0422. The second-order valence-corrected chi connectivity index (χ2v) is 6.46. The van der Waals surface area contributed by atoms with Crippen molar-refractivity contribution in [2.45, 2.75) is 13.0 Å². The summed E-state index contributed by atoms with van der Waals surface area (Å²) in [6, 6.07) is 0. The average Bonchev–Trinajstić information content (AvgIpc) is 3.08. The first-order valence-corrected chi connectivity index (χ1v) is 8.27. The summed E-state index contributed by atoms with van der Waals surface area (Å²) in [4.78, 5) is 16.8. The largest absolute Gasteiger partial charge is 0.396 e. The number of morpholine rings is 1. The van der Waals surface area contributed by atoms with Crippen LogP contribution in [0.1, 0.15) is 6.42 Å². The van der Waals surface area contributed by atoms with Crippen LogP contribution in [0.5, 0.6) is 0 Å². The zero-order chi connectivity index (χ0) is 16.1. The molecule has 0 unspecified atom stereocenters. The number of rotatable bonds is 5. The van der Waals surface area contributed by atoms with Crippen LogP contribution in [0.3, 0.4) is 0 Å². The van der Waals surface area contributed by atoms with Gasteiger partial charge in [0.25, 0.3) is 0 Å². The number of carbonyl (C=O) groups excluding carboxylic acids is 1. The fourth-order valence-corrected chi connectivity index (χ4v) is 3.49. The molecular weight excluding hydrogens is 298 g/mol. The lowest BCUT2D eigenvalue weighted by Crippen LogP contribution is -2.50. The number of hydrogen-bond acceptors (Lipinski definition) is 6. The summed E-state index contributed by atoms with van der Waals surface area (Å²) < 4.78 is 6.93. The molecule has 128 valence electrons. The molecule has 3 heterocycles. The molecule has 1 aromatic heterocycles. The molecule has 0 bridgehead atoms. The van der Waals surface area contributed by atoms with Gasteiger partial charge in [-0.25, -0.2) is 4.68 Å². The van der Waals surface area contributed by atoms with E-state index in [0.29, 0.717) is 12.5 Å².